The van der Waals surface area contributed by atoms with Gasteiger partial charge in [0.15, 0.2) is 5.75 Å². The van der Waals surface area contributed by atoms with Crippen molar-refractivity contribution in [1.29, 1.82) is 0 Å². The second-order valence-corrected chi connectivity index (χ2v) is 6.90. The van der Waals surface area contributed by atoms with Crippen LogP contribution in [0.15, 0.2) is 23.1 Å². The number of nitrogens with zero attached hydrogens (tertiary/aromatic N) is 2. The molecule has 2 aliphatic heterocycles. The van der Waals surface area contributed by atoms with E-state index in [0.29, 0.717) is 23.3 Å². The summed E-state index contributed by atoms with van der Waals surface area (Å²) < 4.78 is 7.85. The van der Waals surface area contributed by atoms with Crippen molar-refractivity contribution in [2.45, 2.75) is 31.8 Å². The summed E-state index contributed by atoms with van der Waals surface area (Å²) in [7, 11) is 0. The lowest BCUT2D eigenvalue weighted by Gasteiger charge is -2.36. The highest BCUT2D eigenvalue weighted by molar-refractivity contribution is 5.97. The van der Waals surface area contributed by atoms with E-state index in [9.17, 15) is 14.7 Å². The first-order chi connectivity index (χ1) is 12.0. The quantitative estimate of drug-likeness (QED) is 0.859. The van der Waals surface area contributed by atoms with Crippen LogP contribution in [0.25, 0.3) is 10.9 Å². The molecule has 0 spiro atoms. The van der Waals surface area contributed by atoms with Gasteiger partial charge in [0.05, 0.1) is 22.6 Å². The topological polar surface area (TPSA) is 97.8 Å². The lowest BCUT2D eigenvalue weighted by atomic mass is 10.0. The minimum absolute atomic E-state index is 0.0486. The number of hydrogen-bond donors (Lipinski definition) is 2. The highest BCUT2D eigenvalue weighted by atomic mass is 16.5. The number of aromatic nitrogens is 1. The fraction of sp³-hybridized carbons (Fsp3) is 0.444. The van der Waals surface area contributed by atoms with E-state index in [0.717, 1.165) is 31.6 Å². The van der Waals surface area contributed by atoms with Crippen molar-refractivity contribution in [3.8, 4) is 5.75 Å². The number of carboxylic acids is 1. The molecule has 7 nitrogen and oxygen atoms in total. The van der Waals surface area contributed by atoms with Crippen LogP contribution in [0.4, 0.5) is 5.69 Å². The summed E-state index contributed by atoms with van der Waals surface area (Å²) in [6.45, 7) is 4.01. The summed E-state index contributed by atoms with van der Waals surface area (Å²) in [5.41, 5.74) is 7.02. The van der Waals surface area contributed by atoms with Gasteiger partial charge in [0, 0.05) is 25.3 Å². The Balaban J connectivity index is 1.97. The van der Waals surface area contributed by atoms with Crippen LogP contribution in [0, 0.1) is 0 Å². The van der Waals surface area contributed by atoms with Crippen molar-refractivity contribution in [1.82, 2.24) is 4.57 Å². The molecule has 2 atom stereocenters. The molecular formula is C18H21N3O4. The van der Waals surface area contributed by atoms with Gasteiger partial charge in [-0.3, -0.25) is 4.79 Å². The maximum absolute atomic E-state index is 12.6. The molecule has 0 radical (unpaired) electrons. The van der Waals surface area contributed by atoms with E-state index in [2.05, 4.69) is 4.90 Å². The Hall–Kier alpha value is -2.54. The smallest absolute Gasteiger partial charge is 0.341 e. The number of piperidine rings is 1. The summed E-state index contributed by atoms with van der Waals surface area (Å²) in [5, 5.41) is 9.72. The second kappa shape index (κ2) is 5.77. The van der Waals surface area contributed by atoms with E-state index in [1.807, 2.05) is 17.6 Å². The van der Waals surface area contributed by atoms with Gasteiger partial charge in [0.2, 0.25) is 5.43 Å². The normalized spacial score (nSPS) is 22.7. The van der Waals surface area contributed by atoms with Crippen LogP contribution in [0.2, 0.25) is 0 Å². The number of aromatic carboxylic acids is 1. The first kappa shape index (κ1) is 16.0. The van der Waals surface area contributed by atoms with Crippen molar-refractivity contribution in [2.24, 2.45) is 5.73 Å². The monoisotopic (exact) mass is 343 g/mol. The van der Waals surface area contributed by atoms with Crippen LogP contribution in [-0.2, 0) is 0 Å². The van der Waals surface area contributed by atoms with E-state index in [1.54, 1.807) is 6.07 Å². The van der Waals surface area contributed by atoms with E-state index in [-0.39, 0.29) is 17.6 Å². The molecule has 1 saturated heterocycles. The third-order valence-corrected chi connectivity index (χ3v) is 5.10. The Morgan fingerprint density at radius 1 is 1.40 bits per heavy atom. The molecule has 1 aromatic heterocycles. The van der Waals surface area contributed by atoms with Crippen LogP contribution < -0.4 is 20.8 Å². The summed E-state index contributed by atoms with van der Waals surface area (Å²) in [6.07, 6.45) is 3.46. The molecule has 0 amide bonds. The predicted molar refractivity (Wildman–Crippen MR) is 94.8 cm³/mol. The van der Waals surface area contributed by atoms with E-state index < -0.39 is 11.4 Å². The van der Waals surface area contributed by atoms with Gasteiger partial charge < -0.3 is 25.0 Å². The number of pyridine rings is 1. The number of nitrogens with two attached hydrogens (primary N) is 1. The molecule has 7 heteroatoms. The molecule has 0 bridgehead atoms. The SMILES string of the molecule is C[C@H]1COc2c(N3CCC[C@H](N)C3)ccc3c(=O)c(C(=O)O)cn1c23. The number of rotatable bonds is 2. The number of anilines is 1. The van der Waals surface area contributed by atoms with Gasteiger partial charge in [-0.25, -0.2) is 4.79 Å². The van der Waals surface area contributed by atoms with E-state index in [4.69, 9.17) is 10.5 Å². The predicted octanol–water partition coefficient (Wildman–Crippen LogP) is 1.58. The largest absolute Gasteiger partial charge is 0.487 e. The molecule has 2 aromatic rings. The van der Waals surface area contributed by atoms with Crippen LogP contribution in [0.5, 0.6) is 5.75 Å². The molecule has 2 aliphatic rings. The summed E-state index contributed by atoms with van der Waals surface area (Å²) in [4.78, 5) is 26.2. The Morgan fingerprint density at radius 3 is 2.92 bits per heavy atom. The third-order valence-electron chi connectivity index (χ3n) is 5.10. The van der Waals surface area contributed by atoms with Crippen molar-refractivity contribution in [3.63, 3.8) is 0 Å². The average molecular weight is 343 g/mol. The van der Waals surface area contributed by atoms with Crippen LogP contribution in [0.1, 0.15) is 36.2 Å². The van der Waals surface area contributed by atoms with Gasteiger partial charge in [0.1, 0.15) is 12.2 Å². The summed E-state index contributed by atoms with van der Waals surface area (Å²) in [6, 6.07) is 3.63. The molecule has 0 unspecified atom stereocenters. The molecule has 0 aliphatic carbocycles. The molecule has 3 N–H and O–H groups in total. The lowest BCUT2D eigenvalue weighted by molar-refractivity contribution is 0.0694. The van der Waals surface area contributed by atoms with Gasteiger partial charge in [-0.2, -0.15) is 0 Å². The van der Waals surface area contributed by atoms with Gasteiger partial charge in [-0.1, -0.05) is 0 Å². The number of hydrogen-bond acceptors (Lipinski definition) is 5. The number of carboxylic acid groups (broad SMARTS) is 1. The summed E-state index contributed by atoms with van der Waals surface area (Å²) in [5.74, 6) is -0.555. The molecule has 3 heterocycles. The molecular weight excluding hydrogens is 322 g/mol. The molecule has 1 aromatic carbocycles. The standard InChI is InChI=1S/C18H21N3O4/c1-10-9-25-17-14(20-6-2-3-11(19)7-20)5-4-12-15(17)21(10)8-13(16(12)22)18(23)24/h4-5,8,10-11H,2-3,6-7,9,19H2,1H3,(H,23,24)/t10-,11-/m0/s1. The van der Waals surface area contributed by atoms with Gasteiger partial charge >= 0.3 is 5.97 Å². The van der Waals surface area contributed by atoms with Crippen LogP contribution in [0.3, 0.4) is 0 Å². The van der Waals surface area contributed by atoms with E-state index in [1.165, 1.54) is 6.20 Å². The lowest BCUT2D eigenvalue weighted by Crippen LogP contribution is -2.43. The van der Waals surface area contributed by atoms with E-state index >= 15 is 0 Å². The molecule has 1 fully saturated rings. The van der Waals surface area contributed by atoms with Gasteiger partial charge in [-0.15, -0.1) is 0 Å². The maximum Gasteiger partial charge on any atom is 0.341 e. The fourth-order valence-corrected chi connectivity index (χ4v) is 3.81. The molecule has 0 saturated carbocycles. The Bertz CT molecular complexity index is 921. The first-order valence-corrected chi connectivity index (χ1v) is 8.56. The number of carbonyl (C=O) groups is 1. The Kier molecular flexibility index (Phi) is 3.68. The molecule has 25 heavy (non-hydrogen) atoms. The Morgan fingerprint density at radius 2 is 2.20 bits per heavy atom. The summed E-state index contributed by atoms with van der Waals surface area (Å²) >= 11 is 0. The molecule has 132 valence electrons. The Labute approximate surface area is 144 Å². The highest BCUT2D eigenvalue weighted by Gasteiger charge is 2.28. The van der Waals surface area contributed by atoms with Gasteiger partial charge in [-0.05, 0) is 31.9 Å². The van der Waals surface area contributed by atoms with Crippen molar-refractivity contribution in [3.05, 3.63) is 34.1 Å². The third kappa shape index (κ3) is 2.46. The average Bonchev–Trinajstić information content (AvgIpc) is 2.59. The first-order valence-electron chi connectivity index (χ1n) is 8.56. The molecule has 4 rings (SSSR count). The van der Waals surface area contributed by atoms with Gasteiger partial charge in [0.25, 0.3) is 0 Å². The zero-order valence-electron chi connectivity index (χ0n) is 14.1. The zero-order chi connectivity index (χ0) is 17.7. The highest BCUT2D eigenvalue weighted by Crippen LogP contribution is 2.40. The zero-order valence-corrected chi connectivity index (χ0v) is 14.1. The maximum atomic E-state index is 12.6. The van der Waals surface area contributed by atoms with Crippen molar-refractivity contribution < 1.29 is 14.6 Å². The van der Waals surface area contributed by atoms with Crippen molar-refractivity contribution >= 4 is 22.6 Å². The minimum atomic E-state index is -1.21. The van der Waals surface area contributed by atoms with Crippen LogP contribution in [-0.4, -0.2) is 41.4 Å². The number of benzene rings is 1. The fourth-order valence-electron chi connectivity index (χ4n) is 3.81. The van der Waals surface area contributed by atoms with Crippen molar-refractivity contribution in [2.75, 3.05) is 24.6 Å². The van der Waals surface area contributed by atoms with Crippen LogP contribution >= 0.6 is 0 Å². The second-order valence-electron chi connectivity index (χ2n) is 6.90. The minimum Gasteiger partial charge on any atom is -0.487 e. The number of ether oxygens (including phenoxy) is 1.